The molecule has 1 aliphatic rings. The average molecular weight is 338 g/mol. The Bertz CT molecular complexity index is 638. The van der Waals surface area contributed by atoms with Crippen molar-refractivity contribution in [1.82, 2.24) is 10.2 Å². The van der Waals surface area contributed by atoms with Crippen molar-refractivity contribution >= 4 is 35.3 Å². The van der Waals surface area contributed by atoms with Crippen LogP contribution in [0, 0.1) is 0 Å². The molecule has 8 heteroatoms. The van der Waals surface area contributed by atoms with Gasteiger partial charge in [0.05, 0.1) is 0 Å². The van der Waals surface area contributed by atoms with Gasteiger partial charge in [-0.2, -0.15) is 0 Å². The minimum atomic E-state index is -0.383. The van der Waals surface area contributed by atoms with E-state index in [0.29, 0.717) is 41.9 Å². The molecule has 1 aromatic rings. The number of nitrogens with zero attached hydrogens (tertiary/aromatic N) is 1. The number of thiocarbonyl (C=S) groups is 1. The van der Waals surface area contributed by atoms with Gasteiger partial charge < -0.3 is 19.2 Å². The second-order valence-electron chi connectivity index (χ2n) is 4.88. The Balaban J connectivity index is 2.01. The average Bonchev–Trinajstić information content (AvgIpc) is 3.05. The predicted octanol–water partition coefficient (Wildman–Crippen LogP) is 1.44. The fourth-order valence-corrected chi connectivity index (χ4v) is 2.29. The maximum absolute atomic E-state index is 12.3. The van der Waals surface area contributed by atoms with Crippen molar-refractivity contribution in [3.8, 4) is 0 Å². The molecule has 0 unspecified atom stereocenters. The van der Waals surface area contributed by atoms with Gasteiger partial charge in [0, 0.05) is 33.3 Å². The fourth-order valence-electron chi connectivity index (χ4n) is 2.01. The molecule has 0 atom stereocenters. The zero-order chi connectivity index (χ0) is 16.8. The summed E-state index contributed by atoms with van der Waals surface area (Å²) in [6.45, 7) is 2.43. The second kappa shape index (κ2) is 7.89. The van der Waals surface area contributed by atoms with Crippen LogP contribution in [0.15, 0.2) is 22.2 Å². The molecule has 1 aliphatic heterocycles. The van der Waals surface area contributed by atoms with Gasteiger partial charge in [-0.3, -0.25) is 14.5 Å². The standard InChI is InChI=1S/C15H18N2O5S/c1-10(18)21-9-12-5-4-11(22-12)8-13-14(19)17(15(23)16-13)6-3-7-20-2/h4-5,8H,3,6-7,9H2,1-2H3,(H,16,23). The Morgan fingerprint density at radius 3 is 2.96 bits per heavy atom. The SMILES string of the molecule is COCCCN1C(=O)C(=Cc2ccc(COC(C)=O)o2)NC1=S. The van der Waals surface area contributed by atoms with Crippen LogP contribution < -0.4 is 5.32 Å². The van der Waals surface area contributed by atoms with Crippen LogP contribution in [0.2, 0.25) is 0 Å². The van der Waals surface area contributed by atoms with Crippen molar-refractivity contribution in [1.29, 1.82) is 0 Å². The van der Waals surface area contributed by atoms with E-state index in [-0.39, 0.29) is 18.5 Å². The third kappa shape index (κ3) is 4.64. The number of hydrogen-bond donors (Lipinski definition) is 1. The van der Waals surface area contributed by atoms with Crippen molar-refractivity contribution in [3.63, 3.8) is 0 Å². The van der Waals surface area contributed by atoms with Crippen molar-refractivity contribution in [3.05, 3.63) is 29.4 Å². The van der Waals surface area contributed by atoms with E-state index in [1.807, 2.05) is 0 Å². The lowest BCUT2D eigenvalue weighted by Gasteiger charge is -2.12. The van der Waals surface area contributed by atoms with Crippen LogP contribution >= 0.6 is 12.2 Å². The lowest BCUT2D eigenvalue weighted by molar-refractivity contribution is -0.142. The highest BCUT2D eigenvalue weighted by molar-refractivity contribution is 7.80. The van der Waals surface area contributed by atoms with Crippen LogP contribution in [0.1, 0.15) is 24.9 Å². The minimum absolute atomic E-state index is 0.0570. The van der Waals surface area contributed by atoms with Gasteiger partial charge >= 0.3 is 5.97 Å². The largest absolute Gasteiger partial charge is 0.458 e. The van der Waals surface area contributed by atoms with Crippen molar-refractivity contribution < 1.29 is 23.5 Å². The molecule has 1 fully saturated rings. The normalized spacial score (nSPS) is 16.1. The first kappa shape index (κ1) is 17.2. The van der Waals surface area contributed by atoms with E-state index in [1.165, 1.54) is 11.8 Å². The van der Waals surface area contributed by atoms with E-state index < -0.39 is 0 Å². The van der Waals surface area contributed by atoms with Gasteiger partial charge in [-0.1, -0.05) is 0 Å². The van der Waals surface area contributed by atoms with Gasteiger partial charge in [0.15, 0.2) is 5.11 Å². The summed E-state index contributed by atoms with van der Waals surface area (Å²) in [5.41, 5.74) is 0.348. The van der Waals surface area contributed by atoms with Gasteiger partial charge in [0.25, 0.3) is 5.91 Å². The van der Waals surface area contributed by atoms with Crippen LogP contribution in [0.3, 0.4) is 0 Å². The fraction of sp³-hybridized carbons (Fsp3) is 0.400. The van der Waals surface area contributed by atoms with E-state index in [9.17, 15) is 9.59 Å². The molecular weight excluding hydrogens is 320 g/mol. The zero-order valence-corrected chi connectivity index (χ0v) is 13.8. The van der Waals surface area contributed by atoms with Crippen LogP contribution in [-0.2, 0) is 25.7 Å². The number of methoxy groups -OCH3 is 1. The molecule has 2 heterocycles. The van der Waals surface area contributed by atoms with Gasteiger partial charge in [-0.15, -0.1) is 0 Å². The molecule has 0 aromatic carbocycles. The van der Waals surface area contributed by atoms with Gasteiger partial charge in [0.1, 0.15) is 23.8 Å². The van der Waals surface area contributed by atoms with Crippen molar-refractivity contribution in [2.24, 2.45) is 0 Å². The molecule has 0 radical (unpaired) electrons. The first-order chi connectivity index (χ1) is 11.0. The van der Waals surface area contributed by atoms with Gasteiger partial charge in [-0.05, 0) is 30.8 Å². The Morgan fingerprint density at radius 2 is 2.26 bits per heavy atom. The summed E-state index contributed by atoms with van der Waals surface area (Å²) in [5, 5.41) is 3.24. The number of esters is 1. The molecular formula is C15H18N2O5S. The molecule has 0 spiro atoms. The van der Waals surface area contributed by atoms with Crippen LogP contribution in [0.25, 0.3) is 6.08 Å². The number of nitrogens with one attached hydrogen (secondary N) is 1. The quantitative estimate of drug-likeness (QED) is 0.349. The molecule has 2 rings (SSSR count). The maximum Gasteiger partial charge on any atom is 0.303 e. The topological polar surface area (TPSA) is 81.0 Å². The molecule has 0 saturated carbocycles. The highest BCUT2D eigenvalue weighted by atomic mass is 32.1. The molecule has 0 aliphatic carbocycles. The molecule has 1 amide bonds. The van der Waals surface area contributed by atoms with Gasteiger partial charge in [-0.25, -0.2) is 0 Å². The monoisotopic (exact) mass is 338 g/mol. The molecule has 7 nitrogen and oxygen atoms in total. The van der Waals surface area contributed by atoms with E-state index in [1.54, 1.807) is 25.3 Å². The molecule has 124 valence electrons. The van der Waals surface area contributed by atoms with E-state index >= 15 is 0 Å². The van der Waals surface area contributed by atoms with E-state index in [4.69, 9.17) is 26.1 Å². The number of hydrogen-bond acceptors (Lipinski definition) is 6. The highest BCUT2D eigenvalue weighted by Gasteiger charge is 2.30. The van der Waals surface area contributed by atoms with E-state index in [2.05, 4.69) is 5.32 Å². The summed E-state index contributed by atoms with van der Waals surface area (Å²) >= 11 is 5.16. The number of furan rings is 1. The van der Waals surface area contributed by atoms with Crippen LogP contribution in [-0.4, -0.2) is 42.2 Å². The summed E-state index contributed by atoms with van der Waals surface area (Å²) in [4.78, 5) is 24.5. The third-order valence-corrected chi connectivity index (χ3v) is 3.40. The van der Waals surface area contributed by atoms with Gasteiger partial charge in [0.2, 0.25) is 0 Å². The number of rotatable bonds is 7. The summed E-state index contributed by atoms with van der Waals surface area (Å²) in [6.07, 6.45) is 2.27. The molecule has 0 bridgehead atoms. The summed E-state index contributed by atoms with van der Waals surface area (Å²) < 4.78 is 15.3. The van der Waals surface area contributed by atoms with Crippen LogP contribution in [0.5, 0.6) is 0 Å². The Hall–Kier alpha value is -2.19. The molecule has 1 N–H and O–H groups in total. The molecule has 1 saturated heterocycles. The van der Waals surface area contributed by atoms with Crippen LogP contribution in [0.4, 0.5) is 0 Å². The predicted molar refractivity (Wildman–Crippen MR) is 86.1 cm³/mol. The summed E-state index contributed by atoms with van der Waals surface area (Å²) in [6, 6.07) is 3.38. The Labute approximate surface area is 139 Å². The molecule has 23 heavy (non-hydrogen) atoms. The highest BCUT2D eigenvalue weighted by Crippen LogP contribution is 2.17. The molecule has 1 aromatic heterocycles. The summed E-state index contributed by atoms with van der Waals surface area (Å²) in [5.74, 6) is 0.386. The zero-order valence-electron chi connectivity index (χ0n) is 13.0. The van der Waals surface area contributed by atoms with Crippen molar-refractivity contribution in [2.45, 2.75) is 20.0 Å². The second-order valence-corrected chi connectivity index (χ2v) is 5.26. The number of carbonyl (C=O) groups is 2. The first-order valence-electron chi connectivity index (χ1n) is 7.07. The Morgan fingerprint density at radius 1 is 1.48 bits per heavy atom. The maximum atomic E-state index is 12.3. The number of ether oxygens (including phenoxy) is 2. The third-order valence-electron chi connectivity index (χ3n) is 3.08. The van der Waals surface area contributed by atoms with E-state index in [0.717, 1.165) is 0 Å². The lowest BCUT2D eigenvalue weighted by Crippen LogP contribution is -2.32. The lowest BCUT2D eigenvalue weighted by atomic mass is 10.3. The van der Waals surface area contributed by atoms with Crippen molar-refractivity contribution in [2.75, 3.05) is 20.3 Å². The number of amides is 1. The minimum Gasteiger partial charge on any atom is -0.458 e. The number of carbonyl (C=O) groups excluding carboxylic acids is 2. The smallest absolute Gasteiger partial charge is 0.303 e. The first-order valence-corrected chi connectivity index (χ1v) is 7.47. The summed E-state index contributed by atoms with van der Waals surface area (Å²) in [7, 11) is 1.61. The Kier molecular flexibility index (Phi) is 5.89.